The highest BCUT2D eigenvalue weighted by Crippen LogP contribution is 2.15. The van der Waals surface area contributed by atoms with Gasteiger partial charge in [-0.15, -0.1) is 3.89 Å². The molecule has 4 heteroatoms. The van der Waals surface area contributed by atoms with Gasteiger partial charge in [-0.3, -0.25) is 0 Å². The summed E-state index contributed by atoms with van der Waals surface area (Å²) < 4.78 is 29.2. The van der Waals surface area contributed by atoms with Crippen LogP contribution in [0.3, 0.4) is 0 Å². The van der Waals surface area contributed by atoms with Crippen LogP contribution in [0.15, 0.2) is 11.0 Å². The lowest BCUT2D eigenvalue weighted by Gasteiger charge is -2.06. The van der Waals surface area contributed by atoms with Crippen molar-refractivity contribution in [1.29, 1.82) is 4.78 Å². The third-order valence-corrected chi connectivity index (χ3v) is 2.06. The maximum atomic E-state index is 12.3. The second kappa shape index (κ2) is 3.85. The molecule has 1 atom stereocenters. The van der Waals surface area contributed by atoms with E-state index in [1.807, 2.05) is 20.8 Å². The summed E-state index contributed by atoms with van der Waals surface area (Å²) in [6.07, 6.45) is 0.650. The topological polar surface area (TPSA) is 40.9 Å². The molecule has 0 rings (SSSR count). The van der Waals surface area contributed by atoms with Crippen LogP contribution in [0.1, 0.15) is 27.2 Å². The van der Waals surface area contributed by atoms with Gasteiger partial charge in [-0.05, 0) is 12.3 Å². The van der Waals surface area contributed by atoms with Crippen molar-refractivity contribution in [1.82, 2.24) is 0 Å². The summed E-state index contributed by atoms with van der Waals surface area (Å²) in [5.41, 5.74) is 0.743. The van der Waals surface area contributed by atoms with Crippen LogP contribution in [0.2, 0.25) is 0 Å². The van der Waals surface area contributed by atoms with Crippen molar-refractivity contribution >= 4 is 10.1 Å². The molecule has 0 radical (unpaired) electrons. The SMILES string of the molecule is CC/C(=C/S(=N)(=O)F)C(C)C. The smallest absolute Gasteiger partial charge is 0.221 e. The molecule has 0 aliphatic carbocycles. The van der Waals surface area contributed by atoms with Crippen molar-refractivity contribution in [2.45, 2.75) is 27.2 Å². The summed E-state index contributed by atoms with van der Waals surface area (Å²) in [7, 11) is -3.94. The predicted molar refractivity (Wildman–Crippen MR) is 45.2 cm³/mol. The fourth-order valence-electron chi connectivity index (χ4n) is 0.822. The first-order valence-corrected chi connectivity index (χ1v) is 5.08. The monoisotopic (exact) mass is 179 g/mol. The average molecular weight is 179 g/mol. The quantitative estimate of drug-likeness (QED) is 0.665. The van der Waals surface area contributed by atoms with E-state index >= 15 is 0 Å². The average Bonchev–Trinajstić information content (AvgIpc) is 1.80. The lowest BCUT2D eigenvalue weighted by Crippen LogP contribution is -1.94. The number of hydrogen-bond acceptors (Lipinski definition) is 2. The Morgan fingerprint density at radius 2 is 2.18 bits per heavy atom. The van der Waals surface area contributed by atoms with E-state index in [1.165, 1.54) is 0 Å². The zero-order valence-electron chi connectivity index (χ0n) is 7.06. The van der Waals surface area contributed by atoms with Gasteiger partial charge in [-0.25, -0.2) is 8.99 Å². The highest BCUT2D eigenvalue weighted by molar-refractivity contribution is 7.90. The van der Waals surface area contributed by atoms with Crippen LogP contribution in [0, 0.1) is 10.7 Å². The van der Waals surface area contributed by atoms with Crippen molar-refractivity contribution < 1.29 is 8.09 Å². The van der Waals surface area contributed by atoms with E-state index in [0.717, 1.165) is 11.0 Å². The van der Waals surface area contributed by atoms with Crippen LogP contribution in [0.4, 0.5) is 3.89 Å². The van der Waals surface area contributed by atoms with Gasteiger partial charge in [0.1, 0.15) is 0 Å². The number of rotatable bonds is 3. The van der Waals surface area contributed by atoms with Crippen molar-refractivity contribution in [2.24, 2.45) is 5.92 Å². The van der Waals surface area contributed by atoms with E-state index in [-0.39, 0.29) is 5.92 Å². The third kappa shape index (κ3) is 4.95. The number of halogens is 1. The Bertz CT molecular complexity index is 241. The Morgan fingerprint density at radius 3 is 2.27 bits per heavy atom. The van der Waals surface area contributed by atoms with Crippen molar-refractivity contribution in [3.05, 3.63) is 11.0 Å². The summed E-state index contributed by atoms with van der Waals surface area (Å²) >= 11 is 0. The highest BCUT2D eigenvalue weighted by Gasteiger charge is 2.04. The van der Waals surface area contributed by atoms with Gasteiger partial charge in [0.2, 0.25) is 10.1 Å². The second-order valence-corrected chi connectivity index (χ2v) is 4.02. The molecule has 1 unspecified atom stereocenters. The van der Waals surface area contributed by atoms with Crippen molar-refractivity contribution in [2.75, 3.05) is 0 Å². The number of hydrogen-bond donors (Lipinski definition) is 1. The summed E-state index contributed by atoms with van der Waals surface area (Å²) in [6, 6.07) is 0. The predicted octanol–water partition coefficient (Wildman–Crippen LogP) is 2.87. The Balaban J connectivity index is 4.64. The minimum absolute atomic E-state index is 0.168. The minimum atomic E-state index is -3.94. The first-order valence-electron chi connectivity index (χ1n) is 3.55. The first-order chi connectivity index (χ1) is 4.87. The maximum absolute atomic E-state index is 12.3. The van der Waals surface area contributed by atoms with Gasteiger partial charge in [0.15, 0.2) is 0 Å². The first kappa shape index (κ1) is 10.6. The fourth-order valence-corrected chi connectivity index (χ4v) is 1.65. The lowest BCUT2D eigenvalue weighted by atomic mass is 10.0. The molecule has 0 aromatic heterocycles. The van der Waals surface area contributed by atoms with E-state index < -0.39 is 10.1 Å². The van der Waals surface area contributed by atoms with Crippen LogP contribution < -0.4 is 0 Å². The van der Waals surface area contributed by atoms with Crippen LogP contribution in [0.5, 0.6) is 0 Å². The third-order valence-electron chi connectivity index (χ3n) is 1.45. The summed E-state index contributed by atoms with van der Waals surface area (Å²) in [5, 5.41) is 0.928. The van der Waals surface area contributed by atoms with Gasteiger partial charge >= 0.3 is 0 Å². The lowest BCUT2D eigenvalue weighted by molar-refractivity contribution is 0.642. The molecule has 0 saturated heterocycles. The van der Waals surface area contributed by atoms with Crippen molar-refractivity contribution in [3.63, 3.8) is 0 Å². The molecule has 0 bridgehead atoms. The van der Waals surface area contributed by atoms with E-state index in [0.29, 0.717) is 6.42 Å². The molecule has 1 N–H and O–H groups in total. The largest absolute Gasteiger partial charge is 0.223 e. The standard InChI is InChI=1S/C7H14FNOS/c1-4-7(6(2)3)5-11(8,9)10/h5-6,9H,4H2,1-3H3/b7-5-. The summed E-state index contributed by atoms with van der Waals surface area (Å²) in [4.78, 5) is 0. The molecular weight excluding hydrogens is 165 g/mol. The van der Waals surface area contributed by atoms with Crippen LogP contribution in [0.25, 0.3) is 0 Å². The maximum Gasteiger partial charge on any atom is 0.221 e. The molecular formula is C7H14FNOS. The van der Waals surface area contributed by atoms with Crippen molar-refractivity contribution in [3.8, 4) is 0 Å². The molecule has 0 aromatic carbocycles. The Labute approximate surface area is 67.8 Å². The second-order valence-electron chi connectivity index (χ2n) is 2.73. The molecule has 0 aliphatic heterocycles. The van der Waals surface area contributed by atoms with E-state index in [9.17, 15) is 8.09 Å². The Morgan fingerprint density at radius 1 is 1.73 bits per heavy atom. The zero-order chi connectivity index (χ0) is 9.07. The summed E-state index contributed by atoms with van der Waals surface area (Å²) in [6.45, 7) is 5.64. The van der Waals surface area contributed by atoms with Gasteiger partial charge in [0.25, 0.3) is 0 Å². The molecule has 0 amide bonds. The molecule has 2 nitrogen and oxygen atoms in total. The molecule has 0 saturated carbocycles. The van der Waals surface area contributed by atoms with E-state index in [1.54, 1.807) is 0 Å². The van der Waals surface area contributed by atoms with E-state index in [4.69, 9.17) is 4.78 Å². The van der Waals surface area contributed by atoms with Gasteiger partial charge in [-0.1, -0.05) is 26.3 Å². The zero-order valence-corrected chi connectivity index (χ0v) is 7.87. The number of allylic oxidation sites excluding steroid dienone is 1. The Kier molecular flexibility index (Phi) is 3.72. The van der Waals surface area contributed by atoms with Gasteiger partial charge in [-0.2, -0.15) is 0 Å². The minimum Gasteiger partial charge on any atom is -0.223 e. The molecule has 0 spiro atoms. The number of nitrogens with one attached hydrogen (secondary N) is 1. The fraction of sp³-hybridized carbons (Fsp3) is 0.714. The molecule has 0 aliphatic rings. The highest BCUT2D eigenvalue weighted by atomic mass is 32.3. The molecule has 66 valence electrons. The Hall–Kier alpha value is -0.380. The van der Waals surface area contributed by atoms with Crippen LogP contribution >= 0.6 is 0 Å². The molecule has 0 fully saturated rings. The molecule has 0 aromatic rings. The normalized spacial score (nSPS) is 18.5. The molecule has 11 heavy (non-hydrogen) atoms. The van der Waals surface area contributed by atoms with Gasteiger partial charge in [0, 0.05) is 5.41 Å². The van der Waals surface area contributed by atoms with E-state index in [2.05, 4.69) is 0 Å². The van der Waals surface area contributed by atoms with Crippen LogP contribution in [-0.2, 0) is 10.1 Å². The van der Waals surface area contributed by atoms with Gasteiger partial charge < -0.3 is 0 Å². The van der Waals surface area contributed by atoms with Crippen LogP contribution in [-0.4, -0.2) is 4.21 Å². The van der Waals surface area contributed by atoms with Gasteiger partial charge in [0.05, 0.1) is 0 Å². The molecule has 0 heterocycles. The summed E-state index contributed by atoms with van der Waals surface area (Å²) in [5.74, 6) is 0.168.